The number of hydrogen-bond acceptors (Lipinski definition) is 4. The molecule has 4 nitrogen and oxygen atoms in total. The van der Waals surface area contributed by atoms with E-state index in [-0.39, 0.29) is 0 Å². The Bertz CT molecular complexity index is 591. The van der Waals surface area contributed by atoms with Gasteiger partial charge >= 0.3 is 0 Å². The van der Waals surface area contributed by atoms with Crippen molar-refractivity contribution in [3.8, 4) is 10.7 Å². The van der Waals surface area contributed by atoms with E-state index in [1.54, 1.807) is 11.3 Å². The molecule has 0 atom stereocenters. The van der Waals surface area contributed by atoms with Crippen molar-refractivity contribution in [2.45, 2.75) is 45.1 Å². The van der Waals surface area contributed by atoms with Crippen LogP contribution in [0.5, 0.6) is 0 Å². The Morgan fingerprint density at radius 2 is 2.39 bits per heavy atom. The zero-order valence-corrected chi connectivity index (χ0v) is 12.0. The third kappa shape index (κ3) is 2.27. The van der Waals surface area contributed by atoms with E-state index in [0.29, 0.717) is 10.7 Å². The second-order valence-electron chi connectivity index (χ2n) is 4.69. The van der Waals surface area contributed by atoms with Crippen LogP contribution in [-0.4, -0.2) is 19.7 Å². The van der Waals surface area contributed by atoms with Gasteiger partial charge < -0.3 is 0 Å². The zero-order valence-electron chi connectivity index (χ0n) is 10.3. The molecule has 0 bridgehead atoms. The van der Waals surface area contributed by atoms with E-state index < -0.39 is 0 Å². The average molecular weight is 280 g/mol. The molecule has 3 rings (SSSR count). The molecule has 1 aliphatic rings. The van der Waals surface area contributed by atoms with Crippen LogP contribution in [0.4, 0.5) is 0 Å². The minimum absolute atomic E-state index is 0.703. The number of aromatic amines is 1. The molecule has 0 radical (unpaired) electrons. The summed E-state index contributed by atoms with van der Waals surface area (Å²) in [4.78, 5) is 5.63. The summed E-state index contributed by atoms with van der Waals surface area (Å²) in [5.74, 6) is 1.65. The first-order valence-electron chi connectivity index (χ1n) is 6.41. The molecule has 0 spiro atoms. The molecule has 2 aromatic rings. The predicted molar refractivity (Wildman–Crippen MR) is 75.4 cm³/mol. The van der Waals surface area contributed by atoms with Crippen molar-refractivity contribution >= 4 is 23.6 Å². The Balaban J connectivity index is 1.91. The van der Waals surface area contributed by atoms with Crippen LogP contribution in [0.1, 0.15) is 43.5 Å². The number of thiazole rings is 1. The second-order valence-corrected chi connectivity index (χ2v) is 6.14. The monoisotopic (exact) mass is 280 g/mol. The van der Waals surface area contributed by atoms with Crippen LogP contribution < -0.4 is 0 Å². The van der Waals surface area contributed by atoms with Gasteiger partial charge in [-0.1, -0.05) is 13.3 Å². The number of unbranched alkanes of at least 4 members (excludes halogenated alkanes) is 1. The molecule has 18 heavy (non-hydrogen) atoms. The lowest BCUT2D eigenvalue weighted by Crippen LogP contribution is -1.99. The third-order valence-electron chi connectivity index (χ3n) is 3.16. The average Bonchev–Trinajstić information content (AvgIpc) is 3.00. The van der Waals surface area contributed by atoms with E-state index in [0.717, 1.165) is 30.1 Å². The molecule has 1 saturated carbocycles. The molecule has 0 amide bonds. The first kappa shape index (κ1) is 12.0. The highest BCUT2D eigenvalue weighted by Crippen LogP contribution is 2.43. The van der Waals surface area contributed by atoms with Gasteiger partial charge in [0.05, 0.1) is 9.88 Å². The van der Waals surface area contributed by atoms with Crippen LogP contribution in [0.15, 0.2) is 6.20 Å². The van der Waals surface area contributed by atoms with Gasteiger partial charge in [0.1, 0.15) is 0 Å². The number of nitrogens with zero attached hydrogens (tertiary/aromatic N) is 3. The molecule has 0 saturated heterocycles. The fourth-order valence-corrected chi connectivity index (χ4v) is 3.25. The van der Waals surface area contributed by atoms with Gasteiger partial charge in [-0.05, 0) is 31.5 Å². The Morgan fingerprint density at radius 1 is 1.56 bits per heavy atom. The summed E-state index contributed by atoms with van der Waals surface area (Å²) in [6.45, 7) is 3.11. The van der Waals surface area contributed by atoms with Gasteiger partial charge in [-0.3, -0.25) is 9.67 Å². The van der Waals surface area contributed by atoms with Crippen molar-refractivity contribution in [3.63, 3.8) is 0 Å². The van der Waals surface area contributed by atoms with Crippen molar-refractivity contribution in [2.24, 2.45) is 0 Å². The molecule has 2 aromatic heterocycles. The van der Waals surface area contributed by atoms with E-state index in [9.17, 15) is 0 Å². The molecule has 1 fully saturated rings. The van der Waals surface area contributed by atoms with Gasteiger partial charge in [0.2, 0.25) is 0 Å². The van der Waals surface area contributed by atoms with Crippen LogP contribution in [0.2, 0.25) is 0 Å². The molecule has 1 aliphatic carbocycles. The minimum atomic E-state index is 0.703. The largest absolute Gasteiger partial charge is 0.299 e. The summed E-state index contributed by atoms with van der Waals surface area (Å²) in [6, 6.07) is 0. The maximum Gasteiger partial charge on any atom is 0.195 e. The quantitative estimate of drug-likeness (QED) is 0.849. The highest BCUT2D eigenvalue weighted by atomic mass is 32.1. The topological polar surface area (TPSA) is 46.5 Å². The highest BCUT2D eigenvalue weighted by molar-refractivity contribution is 7.71. The van der Waals surface area contributed by atoms with Crippen LogP contribution >= 0.6 is 23.6 Å². The molecule has 96 valence electrons. The van der Waals surface area contributed by atoms with Crippen molar-refractivity contribution < 1.29 is 0 Å². The maximum absolute atomic E-state index is 5.29. The summed E-state index contributed by atoms with van der Waals surface area (Å²) in [6.07, 6.45) is 6.79. The first-order valence-corrected chi connectivity index (χ1v) is 7.63. The first-order chi connectivity index (χ1) is 8.79. The molecule has 0 aliphatic heterocycles. The Kier molecular flexibility index (Phi) is 3.30. The zero-order chi connectivity index (χ0) is 12.5. The number of hydrogen-bond donors (Lipinski definition) is 1. The lowest BCUT2D eigenvalue weighted by Gasteiger charge is -2.03. The van der Waals surface area contributed by atoms with Gasteiger partial charge in [0.25, 0.3) is 0 Å². The van der Waals surface area contributed by atoms with Gasteiger partial charge in [0.15, 0.2) is 10.6 Å². The lowest BCUT2D eigenvalue weighted by atomic mass is 10.3. The Labute approximate surface area is 115 Å². The Hall–Kier alpha value is -1.01. The van der Waals surface area contributed by atoms with Crippen LogP contribution in [0.3, 0.4) is 0 Å². The van der Waals surface area contributed by atoms with E-state index in [4.69, 9.17) is 12.2 Å². The molecule has 1 N–H and O–H groups in total. The van der Waals surface area contributed by atoms with Crippen molar-refractivity contribution in [2.75, 3.05) is 0 Å². The summed E-state index contributed by atoms with van der Waals surface area (Å²) >= 11 is 7.04. The van der Waals surface area contributed by atoms with Crippen molar-refractivity contribution in [3.05, 3.63) is 16.0 Å². The fourth-order valence-electron chi connectivity index (χ4n) is 1.94. The highest BCUT2D eigenvalue weighted by Gasteiger charge is 2.27. The number of nitrogens with one attached hydrogen (secondary N) is 1. The smallest absolute Gasteiger partial charge is 0.195 e. The van der Waals surface area contributed by atoms with E-state index >= 15 is 0 Å². The van der Waals surface area contributed by atoms with Gasteiger partial charge in [-0.2, -0.15) is 5.10 Å². The summed E-state index contributed by atoms with van der Waals surface area (Å²) in [7, 11) is 0. The van der Waals surface area contributed by atoms with E-state index in [1.165, 1.54) is 17.8 Å². The lowest BCUT2D eigenvalue weighted by molar-refractivity contribution is 0.629. The molecular formula is C12H16N4S2. The maximum atomic E-state index is 5.29. The standard InChI is InChI=1S/C12H16N4S2/c1-2-3-6-16-10(14-15-12(16)17)9-7-13-11(18-9)8-4-5-8/h7-8H,2-6H2,1H3,(H,15,17). The second kappa shape index (κ2) is 4.93. The fraction of sp³-hybridized carbons (Fsp3) is 0.583. The van der Waals surface area contributed by atoms with Crippen LogP contribution in [0.25, 0.3) is 10.7 Å². The number of H-pyrrole nitrogens is 1. The van der Waals surface area contributed by atoms with E-state index in [1.807, 2.05) is 6.20 Å². The molecular weight excluding hydrogens is 264 g/mol. The Morgan fingerprint density at radius 3 is 3.11 bits per heavy atom. The third-order valence-corrected chi connectivity index (χ3v) is 4.63. The van der Waals surface area contributed by atoms with Gasteiger partial charge in [0, 0.05) is 18.7 Å². The van der Waals surface area contributed by atoms with E-state index in [2.05, 4.69) is 26.7 Å². The molecule has 0 aromatic carbocycles. The van der Waals surface area contributed by atoms with Gasteiger partial charge in [-0.15, -0.1) is 11.3 Å². The van der Waals surface area contributed by atoms with Gasteiger partial charge in [-0.25, -0.2) is 4.98 Å². The summed E-state index contributed by atoms with van der Waals surface area (Å²) in [5, 5.41) is 8.49. The summed E-state index contributed by atoms with van der Waals surface area (Å²) in [5.41, 5.74) is 0. The number of aromatic nitrogens is 4. The normalized spacial score (nSPS) is 15.2. The molecule has 0 unspecified atom stereocenters. The predicted octanol–water partition coefficient (Wildman–Crippen LogP) is 3.74. The van der Waals surface area contributed by atoms with Crippen molar-refractivity contribution in [1.29, 1.82) is 0 Å². The summed E-state index contributed by atoms with van der Waals surface area (Å²) < 4.78 is 2.79. The van der Waals surface area contributed by atoms with Crippen LogP contribution in [0, 0.1) is 4.77 Å². The van der Waals surface area contributed by atoms with Crippen LogP contribution in [-0.2, 0) is 6.54 Å². The molecule has 2 heterocycles. The minimum Gasteiger partial charge on any atom is -0.299 e. The van der Waals surface area contributed by atoms with Crippen molar-refractivity contribution in [1.82, 2.24) is 19.7 Å². The number of rotatable bonds is 5. The molecule has 6 heteroatoms. The SMILES string of the molecule is CCCCn1c(-c2cnc(C3CC3)s2)n[nH]c1=S.